The van der Waals surface area contributed by atoms with Crippen molar-refractivity contribution in [2.24, 2.45) is 0 Å². The minimum Gasteiger partial charge on any atom is -0.364 e. The van der Waals surface area contributed by atoms with Crippen molar-refractivity contribution in [3.8, 4) is 0 Å². The van der Waals surface area contributed by atoms with Gasteiger partial charge in [-0.15, -0.1) is 0 Å². The van der Waals surface area contributed by atoms with E-state index in [2.05, 4.69) is 20.6 Å². The molecule has 0 unspecified atom stereocenters. The lowest BCUT2D eigenvalue weighted by Crippen LogP contribution is -2.27. The Bertz CT molecular complexity index is 650. The minimum atomic E-state index is -0.283. The van der Waals surface area contributed by atoms with E-state index in [9.17, 15) is 4.79 Å². The summed E-state index contributed by atoms with van der Waals surface area (Å²) >= 11 is 6.05. The first-order valence-electron chi connectivity index (χ1n) is 6.97. The molecule has 5 nitrogen and oxygen atoms in total. The molecule has 0 saturated carbocycles. The molecule has 6 heteroatoms. The number of anilines is 1. The van der Waals surface area contributed by atoms with Gasteiger partial charge in [0.1, 0.15) is 11.5 Å². The smallest absolute Gasteiger partial charge is 0.271 e. The second-order valence-electron chi connectivity index (χ2n) is 5.94. The van der Waals surface area contributed by atoms with Crippen molar-refractivity contribution in [1.29, 1.82) is 0 Å². The number of halogens is 1. The molecule has 0 radical (unpaired) electrons. The molecule has 1 aromatic heterocycles. The minimum absolute atomic E-state index is 0.109. The van der Waals surface area contributed by atoms with Crippen LogP contribution in [0.4, 0.5) is 5.82 Å². The maximum atomic E-state index is 12.0. The fourth-order valence-electron chi connectivity index (χ4n) is 1.80. The van der Waals surface area contributed by atoms with Crippen LogP contribution in [0.5, 0.6) is 0 Å². The molecule has 2 rings (SSSR count). The van der Waals surface area contributed by atoms with Crippen LogP contribution in [0, 0.1) is 0 Å². The van der Waals surface area contributed by atoms with Gasteiger partial charge in [0.25, 0.3) is 5.91 Å². The lowest BCUT2D eigenvalue weighted by atomic mass is 10.1. The molecule has 0 atom stereocenters. The molecule has 0 aliphatic carbocycles. The molecule has 1 aromatic carbocycles. The summed E-state index contributed by atoms with van der Waals surface area (Å²) < 4.78 is 0. The molecule has 2 N–H and O–H groups in total. The highest BCUT2D eigenvalue weighted by Gasteiger charge is 2.12. The number of hydrogen-bond donors (Lipinski definition) is 2. The summed E-state index contributed by atoms with van der Waals surface area (Å²) in [6.07, 6.45) is 3.01. The molecular formula is C16H19ClN4O. The van der Waals surface area contributed by atoms with Gasteiger partial charge in [0.05, 0.1) is 12.4 Å². The highest BCUT2D eigenvalue weighted by molar-refractivity contribution is 6.31. The largest absolute Gasteiger partial charge is 0.364 e. The Labute approximate surface area is 135 Å². The van der Waals surface area contributed by atoms with Crippen LogP contribution in [0.2, 0.25) is 5.02 Å². The number of hydrogen-bond acceptors (Lipinski definition) is 4. The third-order valence-corrected chi connectivity index (χ3v) is 3.15. The predicted octanol–water partition coefficient (Wildman–Crippen LogP) is 3.27. The number of rotatable bonds is 4. The molecule has 0 spiro atoms. The van der Waals surface area contributed by atoms with E-state index in [-0.39, 0.29) is 17.1 Å². The number of carbonyl (C=O) groups excluding carboxylic acids is 1. The van der Waals surface area contributed by atoms with Crippen molar-refractivity contribution in [3.05, 3.63) is 52.9 Å². The van der Waals surface area contributed by atoms with Gasteiger partial charge in [-0.05, 0) is 32.4 Å². The Morgan fingerprint density at radius 3 is 2.50 bits per heavy atom. The van der Waals surface area contributed by atoms with Crippen molar-refractivity contribution < 1.29 is 4.79 Å². The van der Waals surface area contributed by atoms with Gasteiger partial charge in [0.15, 0.2) is 0 Å². The Kier molecular flexibility index (Phi) is 4.98. The number of nitrogens with one attached hydrogen (secondary N) is 2. The van der Waals surface area contributed by atoms with Crippen LogP contribution >= 0.6 is 11.6 Å². The average molecular weight is 319 g/mol. The number of nitrogens with zero attached hydrogens (tertiary/aromatic N) is 2. The zero-order chi connectivity index (χ0) is 16.2. The second-order valence-corrected chi connectivity index (χ2v) is 6.34. The van der Waals surface area contributed by atoms with E-state index in [4.69, 9.17) is 11.6 Å². The standard InChI is InChI=1S/C16H19ClN4O/c1-16(2,3)21-14-10-18-13(9-19-14)15(22)20-8-11-6-4-5-7-12(11)17/h4-7,9-10H,8H2,1-3H3,(H,19,21)(H,20,22). The van der Waals surface area contributed by atoms with Crippen LogP contribution < -0.4 is 10.6 Å². The Morgan fingerprint density at radius 2 is 1.91 bits per heavy atom. The van der Waals surface area contributed by atoms with Crippen molar-refractivity contribution in [2.45, 2.75) is 32.9 Å². The van der Waals surface area contributed by atoms with Crippen LogP contribution in [-0.4, -0.2) is 21.4 Å². The summed E-state index contributed by atoms with van der Waals surface area (Å²) in [5.74, 6) is 0.352. The van der Waals surface area contributed by atoms with Gasteiger partial charge < -0.3 is 10.6 Å². The average Bonchev–Trinajstić information content (AvgIpc) is 2.45. The van der Waals surface area contributed by atoms with Gasteiger partial charge in [-0.1, -0.05) is 29.8 Å². The summed E-state index contributed by atoms with van der Waals surface area (Å²) in [6, 6.07) is 7.38. The zero-order valence-corrected chi connectivity index (χ0v) is 13.6. The van der Waals surface area contributed by atoms with E-state index in [1.807, 2.05) is 39.0 Å². The highest BCUT2D eigenvalue weighted by atomic mass is 35.5. The summed E-state index contributed by atoms with van der Waals surface area (Å²) in [5, 5.41) is 6.59. The van der Waals surface area contributed by atoms with Crippen LogP contribution in [-0.2, 0) is 6.54 Å². The summed E-state index contributed by atoms with van der Waals surface area (Å²) in [5.41, 5.74) is 1.02. The van der Waals surface area contributed by atoms with E-state index in [1.54, 1.807) is 12.3 Å². The normalized spacial score (nSPS) is 11.1. The second kappa shape index (κ2) is 6.75. The molecule has 0 fully saturated rings. The SMILES string of the molecule is CC(C)(C)Nc1cnc(C(=O)NCc2ccccc2Cl)cn1. The number of aromatic nitrogens is 2. The fraction of sp³-hybridized carbons (Fsp3) is 0.312. The van der Waals surface area contributed by atoms with Crippen LogP contribution in [0.3, 0.4) is 0 Å². The van der Waals surface area contributed by atoms with E-state index >= 15 is 0 Å². The first kappa shape index (κ1) is 16.2. The molecule has 0 bridgehead atoms. The number of amides is 1. The van der Waals surface area contributed by atoms with Crippen molar-refractivity contribution in [1.82, 2.24) is 15.3 Å². The molecule has 0 saturated heterocycles. The van der Waals surface area contributed by atoms with Gasteiger partial charge in [-0.3, -0.25) is 4.79 Å². The van der Waals surface area contributed by atoms with E-state index in [0.717, 1.165) is 5.56 Å². The van der Waals surface area contributed by atoms with Gasteiger partial charge in [0.2, 0.25) is 0 Å². The van der Waals surface area contributed by atoms with Crippen molar-refractivity contribution in [3.63, 3.8) is 0 Å². The maximum absolute atomic E-state index is 12.0. The Morgan fingerprint density at radius 1 is 1.18 bits per heavy atom. The summed E-state index contributed by atoms with van der Waals surface area (Å²) in [6.45, 7) is 6.43. The quantitative estimate of drug-likeness (QED) is 0.908. The molecule has 0 aliphatic rings. The molecule has 22 heavy (non-hydrogen) atoms. The Hall–Kier alpha value is -2.14. The fourth-order valence-corrected chi connectivity index (χ4v) is 2.00. The molecular weight excluding hydrogens is 300 g/mol. The van der Waals surface area contributed by atoms with Gasteiger partial charge in [-0.2, -0.15) is 0 Å². The lowest BCUT2D eigenvalue weighted by molar-refractivity contribution is 0.0945. The molecule has 2 aromatic rings. The third kappa shape index (κ3) is 4.70. The van der Waals surface area contributed by atoms with Crippen LogP contribution in [0.15, 0.2) is 36.7 Å². The topological polar surface area (TPSA) is 66.9 Å². The predicted molar refractivity (Wildman–Crippen MR) is 88.0 cm³/mol. The molecule has 1 amide bonds. The zero-order valence-electron chi connectivity index (χ0n) is 12.9. The first-order chi connectivity index (χ1) is 10.3. The molecule has 116 valence electrons. The monoisotopic (exact) mass is 318 g/mol. The molecule has 1 heterocycles. The highest BCUT2D eigenvalue weighted by Crippen LogP contribution is 2.14. The van der Waals surface area contributed by atoms with E-state index in [0.29, 0.717) is 17.4 Å². The van der Waals surface area contributed by atoms with Gasteiger partial charge in [0, 0.05) is 17.1 Å². The van der Waals surface area contributed by atoms with Gasteiger partial charge >= 0.3 is 0 Å². The van der Waals surface area contributed by atoms with Crippen LogP contribution in [0.25, 0.3) is 0 Å². The maximum Gasteiger partial charge on any atom is 0.271 e. The van der Waals surface area contributed by atoms with E-state index in [1.165, 1.54) is 6.20 Å². The number of carbonyl (C=O) groups is 1. The number of benzene rings is 1. The van der Waals surface area contributed by atoms with Gasteiger partial charge in [-0.25, -0.2) is 9.97 Å². The first-order valence-corrected chi connectivity index (χ1v) is 7.35. The lowest BCUT2D eigenvalue weighted by Gasteiger charge is -2.20. The molecule has 0 aliphatic heterocycles. The summed E-state index contributed by atoms with van der Waals surface area (Å²) in [4.78, 5) is 20.4. The summed E-state index contributed by atoms with van der Waals surface area (Å²) in [7, 11) is 0. The van der Waals surface area contributed by atoms with Crippen molar-refractivity contribution >= 4 is 23.3 Å². The van der Waals surface area contributed by atoms with E-state index < -0.39 is 0 Å². The Balaban J connectivity index is 1.97. The van der Waals surface area contributed by atoms with Crippen molar-refractivity contribution in [2.75, 3.05) is 5.32 Å². The third-order valence-electron chi connectivity index (χ3n) is 2.78. The van der Waals surface area contributed by atoms with Crippen LogP contribution in [0.1, 0.15) is 36.8 Å².